The van der Waals surface area contributed by atoms with E-state index in [4.69, 9.17) is 0 Å². The van der Waals surface area contributed by atoms with Crippen molar-refractivity contribution in [3.8, 4) is 0 Å². The van der Waals surface area contributed by atoms with E-state index in [-0.39, 0.29) is 5.25 Å². The van der Waals surface area contributed by atoms with E-state index in [1.165, 1.54) is 0 Å². The first-order valence-corrected chi connectivity index (χ1v) is 7.51. The lowest BCUT2D eigenvalue weighted by molar-refractivity contribution is -0.119. The van der Waals surface area contributed by atoms with Gasteiger partial charge in [0.05, 0.1) is 5.25 Å². The number of hydrogen-bond acceptors (Lipinski definition) is 4. The predicted molar refractivity (Wildman–Crippen MR) is 67.6 cm³/mol. The highest BCUT2D eigenvalue weighted by Gasteiger charge is 2.38. The van der Waals surface area contributed by atoms with E-state index in [0.717, 1.165) is 11.3 Å². The van der Waals surface area contributed by atoms with Crippen LogP contribution in [0.2, 0.25) is 0 Å². The van der Waals surface area contributed by atoms with Gasteiger partial charge in [0.15, 0.2) is 0 Å². The lowest BCUT2D eigenvalue weighted by Gasteiger charge is -2.11. The van der Waals surface area contributed by atoms with Gasteiger partial charge >= 0.3 is 0 Å². The van der Waals surface area contributed by atoms with E-state index in [2.05, 4.69) is 10.0 Å². The van der Waals surface area contributed by atoms with Crippen molar-refractivity contribution in [1.29, 1.82) is 0 Å². The van der Waals surface area contributed by atoms with Crippen LogP contribution in [0.25, 0.3) is 0 Å². The molecule has 1 saturated carbocycles. The number of benzene rings is 1. The number of para-hydroxylation sites is 1. The van der Waals surface area contributed by atoms with Crippen LogP contribution in [-0.2, 0) is 21.2 Å². The topological polar surface area (TPSA) is 75.3 Å². The van der Waals surface area contributed by atoms with Gasteiger partial charge in [-0.05, 0) is 24.5 Å². The first-order valence-electron chi connectivity index (χ1n) is 5.96. The predicted octanol–water partition coefficient (Wildman–Crippen LogP) is 0.632. The van der Waals surface area contributed by atoms with Gasteiger partial charge in [0.25, 0.3) is 5.91 Å². The number of carbonyl (C=O) groups is 1. The second-order valence-corrected chi connectivity index (χ2v) is 6.73. The number of hydrogen-bond donors (Lipinski definition) is 2. The molecule has 1 aliphatic carbocycles. The summed E-state index contributed by atoms with van der Waals surface area (Å²) >= 11 is 0. The molecule has 6 heteroatoms. The van der Waals surface area contributed by atoms with E-state index in [1.807, 2.05) is 24.3 Å². The maximum absolute atomic E-state index is 11.9. The molecule has 18 heavy (non-hydrogen) atoms. The lowest BCUT2D eigenvalue weighted by atomic mass is 10.1. The number of amides is 1. The highest BCUT2D eigenvalue weighted by molar-refractivity contribution is 7.90. The molecule has 2 aliphatic rings. The zero-order valence-electron chi connectivity index (χ0n) is 9.72. The fraction of sp³-hybridized carbons (Fsp3) is 0.417. The molecule has 1 atom stereocenters. The van der Waals surface area contributed by atoms with Gasteiger partial charge in [-0.25, -0.2) is 8.42 Å². The minimum Gasteiger partial charge on any atom is -0.373 e. The second-order valence-electron chi connectivity index (χ2n) is 4.77. The third-order valence-corrected chi connectivity index (χ3v) is 5.13. The lowest BCUT2D eigenvalue weighted by Crippen LogP contribution is -2.42. The average Bonchev–Trinajstić information content (AvgIpc) is 3.08. The molecular formula is C12H14N2O3S. The Morgan fingerprint density at radius 3 is 2.67 bits per heavy atom. The molecule has 1 aromatic rings. The highest BCUT2D eigenvalue weighted by Crippen LogP contribution is 2.28. The molecule has 2 N–H and O–H groups in total. The SMILES string of the molecule is O=C(NS(=O)(=O)C1CC1)[C@@H]1Cc2ccccc2N1. The summed E-state index contributed by atoms with van der Waals surface area (Å²) in [6.07, 6.45) is 1.84. The van der Waals surface area contributed by atoms with Gasteiger partial charge in [-0.2, -0.15) is 0 Å². The van der Waals surface area contributed by atoms with Crippen LogP contribution in [0.5, 0.6) is 0 Å². The molecule has 0 saturated heterocycles. The molecule has 1 amide bonds. The second kappa shape index (κ2) is 3.98. The van der Waals surface area contributed by atoms with E-state index < -0.39 is 22.0 Å². The Kier molecular flexibility index (Phi) is 2.55. The van der Waals surface area contributed by atoms with Crippen LogP contribution >= 0.6 is 0 Å². The summed E-state index contributed by atoms with van der Waals surface area (Å²) in [5.41, 5.74) is 1.95. The van der Waals surface area contributed by atoms with Gasteiger partial charge in [-0.3, -0.25) is 9.52 Å². The fourth-order valence-electron chi connectivity index (χ4n) is 2.13. The standard InChI is InChI=1S/C12H14N2O3S/c15-12(14-18(16,17)9-5-6-9)11-7-8-3-1-2-4-10(8)13-11/h1-4,9,11,13H,5-7H2,(H,14,15)/t11-/m0/s1. The normalized spacial score (nSPS) is 22.1. The van der Waals surface area contributed by atoms with Crippen molar-refractivity contribution in [2.45, 2.75) is 30.6 Å². The number of sulfonamides is 1. The molecule has 0 spiro atoms. The van der Waals surface area contributed by atoms with Gasteiger partial charge in [0, 0.05) is 12.1 Å². The largest absolute Gasteiger partial charge is 0.373 e. The van der Waals surface area contributed by atoms with Crippen molar-refractivity contribution in [1.82, 2.24) is 4.72 Å². The number of carbonyl (C=O) groups excluding carboxylic acids is 1. The third-order valence-electron chi connectivity index (χ3n) is 3.29. The Bertz CT molecular complexity index is 568. The molecule has 1 heterocycles. The first kappa shape index (κ1) is 11.5. The summed E-state index contributed by atoms with van der Waals surface area (Å²) in [5, 5.41) is 2.67. The molecule has 1 aliphatic heterocycles. The Balaban J connectivity index is 1.69. The van der Waals surface area contributed by atoms with Crippen molar-refractivity contribution in [2.75, 3.05) is 5.32 Å². The third kappa shape index (κ3) is 2.08. The first-order chi connectivity index (χ1) is 8.56. The number of fused-ring (bicyclic) bond motifs is 1. The summed E-state index contributed by atoms with van der Waals surface area (Å²) in [7, 11) is -3.45. The molecule has 0 bridgehead atoms. The number of rotatable bonds is 3. The quantitative estimate of drug-likeness (QED) is 0.841. The van der Waals surface area contributed by atoms with Crippen LogP contribution < -0.4 is 10.0 Å². The molecular weight excluding hydrogens is 252 g/mol. The Morgan fingerprint density at radius 2 is 2.00 bits per heavy atom. The van der Waals surface area contributed by atoms with Gasteiger partial charge in [0.1, 0.15) is 6.04 Å². The van der Waals surface area contributed by atoms with E-state index >= 15 is 0 Å². The molecule has 5 nitrogen and oxygen atoms in total. The van der Waals surface area contributed by atoms with Gasteiger partial charge in [-0.15, -0.1) is 0 Å². The van der Waals surface area contributed by atoms with Crippen LogP contribution in [0.3, 0.4) is 0 Å². The molecule has 0 unspecified atom stereocenters. The molecule has 3 rings (SSSR count). The summed E-state index contributed by atoms with van der Waals surface area (Å²) in [4.78, 5) is 11.9. The zero-order valence-corrected chi connectivity index (χ0v) is 10.5. The van der Waals surface area contributed by atoms with E-state index in [0.29, 0.717) is 19.3 Å². The number of nitrogens with one attached hydrogen (secondary N) is 2. The average molecular weight is 266 g/mol. The molecule has 0 radical (unpaired) electrons. The van der Waals surface area contributed by atoms with Gasteiger partial charge < -0.3 is 5.32 Å². The Morgan fingerprint density at radius 1 is 1.28 bits per heavy atom. The monoisotopic (exact) mass is 266 g/mol. The van der Waals surface area contributed by atoms with Gasteiger partial charge in [-0.1, -0.05) is 18.2 Å². The van der Waals surface area contributed by atoms with Crippen molar-refractivity contribution < 1.29 is 13.2 Å². The van der Waals surface area contributed by atoms with Crippen molar-refractivity contribution >= 4 is 21.6 Å². The van der Waals surface area contributed by atoms with Crippen LogP contribution in [0.4, 0.5) is 5.69 Å². The van der Waals surface area contributed by atoms with Crippen LogP contribution in [0.15, 0.2) is 24.3 Å². The number of anilines is 1. The van der Waals surface area contributed by atoms with Crippen LogP contribution in [0.1, 0.15) is 18.4 Å². The summed E-state index contributed by atoms with van der Waals surface area (Å²) < 4.78 is 25.5. The minimum atomic E-state index is -3.45. The molecule has 1 aromatic carbocycles. The molecule has 1 fully saturated rings. The highest BCUT2D eigenvalue weighted by atomic mass is 32.2. The van der Waals surface area contributed by atoms with Gasteiger partial charge in [0.2, 0.25) is 10.0 Å². The van der Waals surface area contributed by atoms with Crippen LogP contribution in [-0.4, -0.2) is 25.6 Å². The summed E-state index contributed by atoms with van der Waals surface area (Å²) in [5.74, 6) is -0.460. The minimum absolute atomic E-state index is 0.370. The zero-order chi connectivity index (χ0) is 12.8. The Labute approximate surface area is 106 Å². The summed E-state index contributed by atoms with van der Waals surface area (Å²) in [6.45, 7) is 0. The smallest absolute Gasteiger partial charge is 0.256 e. The van der Waals surface area contributed by atoms with E-state index in [1.54, 1.807) is 0 Å². The summed E-state index contributed by atoms with van der Waals surface area (Å²) in [6, 6.07) is 7.12. The van der Waals surface area contributed by atoms with Crippen molar-refractivity contribution in [3.63, 3.8) is 0 Å². The van der Waals surface area contributed by atoms with Crippen molar-refractivity contribution in [3.05, 3.63) is 29.8 Å². The fourth-order valence-corrected chi connectivity index (χ4v) is 3.48. The maximum atomic E-state index is 11.9. The van der Waals surface area contributed by atoms with E-state index in [9.17, 15) is 13.2 Å². The van der Waals surface area contributed by atoms with Crippen molar-refractivity contribution in [2.24, 2.45) is 0 Å². The maximum Gasteiger partial charge on any atom is 0.256 e. The molecule has 96 valence electrons. The molecule has 0 aromatic heterocycles. The Hall–Kier alpha value is -1.56. The van der Waals surface area contributed by atoms with Crippen LogP contribution in [0, 0.1) is 0 Å².